The van der Waals surface area contributed by atoms with Crippen LogP contribution in [-0.2, 0) is 12.8 Å². The van der Waals surface area contributed by atoms with Crippen LogP contribution in [0.3, 0.4) is 0 Å². The van der Waals surface area contributed by atoms with E-state index in [4.69, 9.17) is 4.42 Å². The lowest BCUT2D eigenvalue weighted by Crippen LogP contribution is -1.95. The largest absolute Gasteiger partial charge is 0.469 e. The van der Waals surface area contributed by atoms with E-state index in [-0.39, 0.29) is 4.83 Å². The quantitative estimate of drug-likeness (QED) is 0.580. The van der Waals surface area contributed by atoms with E-state index < -0.39 is 0 Å². The number of rotatable bonds is 2. The Morgan fingerprint density at radius 3 is 2.55 bits per heavy atom. The lowest BCUT2D eigenvalue weighted by Gasteiger charge is -2.14. The lowest BCUT2D eigenvalue weighted by molar-refractivity contribution is 0.530. The summed E-state index contributed by atoms with van der Waals surface area (Å²) in [5.74, 6) is 0.982. The topological polar surface area (TPSA) is 13.1 Å². The molecule has 1 unspecified atom stereocenters. The van der Waals surface area contributed by atoms with E-state index in [2.05, 4.69) is 52.3 Å². The molecular weight excluding hydrogens is 312 g/mol. The van der Waals surface area contributed by atoms with Gasteiger partial charge in [0.25, 0.3) is 0 Å². The Kier molecular flexibility index (Phi) is 2.74. The fourth-order valence-corrected chi connectivity index (χ4v) is 4.19. The average Bonchev–Trinajstić information content (AvgIpc) is 3.07. The maximum absolute atomic E-state index is 5.45. The fourth-order valence-electron chi connectivity index (χ4n) is 3.32. The summed E-state index contributed by atoms with van der Waals surface area (Å²) in [6.07, 6.45) is 4.11. The van der Waals surface area contributed by atoms with Gasteiger partial charge in [-0.2, -0.15) is 0 Å². The molecule has 0 radical (unpaired) electrons. The van der Waals surface area contributed by atoms with Gasteiger partial charge in [-0.25, -0.2) is 0 Å². The standard InChI is InChI=1S/C18H15BrO/c1-11-14(9-10-20-11)18(19)16-8-7-13-6-5-12-3-2-4-15(16)17(12)13/h2-4,7-10,18H,5-6H2,1H3. The third-order valence-electron chi connectivity index (χ3n) is 4.36. The first-order chi connectivity index (χ1) is 9.75. The second kappa shape index (κ2) is 4.49. The normalized spacial score (nSPS) is 14.9. The summed E-state index contributed by atoms with van der Waals surface area (Å²) in [5.41, 5.74) is 5.52. The van der Waals surface area contributed by atoms with Crippen LogP contribution in [0.4, 0.5) is 0 Å². The minimum atomic E-state index is 0.186. The fraction of sp³-hybridized carbons (Fsp3) is 0.222. The number of hydrogen-bond donors (Lipinski definition) is 0. The Bertz CT molecular complexity index is 790. The molecule has 0 spiro atoms. The van der Waals surface area contributed by atoms with Crippen molar-refractivity contribution >= 4 is 26.7 Å². The maximum atomic E-state index is 5.45. The van der Waals surface area contributed by atoms with Gasteiger partial charge in [-0.05, 0) is 53.3 Å². The van der Waals surface area contributed by atoms with Crippen molar-refractivity contribution in [3.63, 3.8) is 0 Å². The Morgan fingerprint density at radius 2 is 1.80 bits per heavy atom. The van der Waals surface area contributed by atoms with E-state index in [0.29, 0.717) is 0 Å². The van der Waals surface area contributed by atoms with Crippen molar-refractivity contribution in [2.24, 2.45) is 0 Å². The van der Waals surface area contributed by atoms with E-state index in [0.717, 1.165) is 5.76 Å². The number of alkyl halides is 1. The van der Waals surface area contributed by atoms with Gasteiger partial charge >= 0.3 is 0 Å². The highest BCUT2D eigenvalue weighted by Crippen LogP contribution is 2.40. The van der Waals surface area contributed by atoms with Gasteiger partial charge in [0.2, 0.25) is 0 Å². The number of halogens is 1. The van der Waals surface area contributed by atoms with Crippen LogP contribution in [0.5, 0.6) is 0 Å². The predicted molar refractivity (Wildman–Crippen MR) is 85.6 cm³/mol. The molecule has 100 valence electrons. The highest BCUT2D eigenvalue weighted by atomic mass is 79.9. The second-order valence-electron chi connectivity index (χ2n) is 5.45. The molecule has 4 rings (SSSR count). The highest BCUT2D eigenvalue weighted by molar-refractivity contribution is 9.09. The van der Waals surface area contributed by atoms with Gasteiger partial charge in [-0.3, -0.25) is 0 Å². The van der Waals surface area contributed by atoms with E-state index >= 15 is 0 Å². The third kappa shape index (κ3) is 1.68. The Morgan fingerprint density at radius 1 is 1.00 bits per heavy atom. The molecule has 1 aliphatic carbocycles. The zero-order valence-electron chi connectivity index (χ0n) is 11.3. The lowest BCUT2D eigenvalue weighted by atomic mass is 9.96. The molecule has 0 aliphatic heterocycles. The van der Waals surface area contributed by atoms with Gasteiger partial charge in [0.05, 0.1) is 11.1 Å². The molecule has 3 aromatic rings. The van der Waals surface area contributed by atoms with Crippen LogP contribution in [0.2, 0.25) is 0 Å². The van der Waals surface area contributed by atoms with Crippen LogP contribution in [0.25, 0.3) is 10.8 Å². The van der Waals surface area contributed by atoms with Crippen LogP contribution in [0.1, 0.15) is 32.8 Å². The van der Waals surface area contributed by atoms with Crippen molar-refractivity contribution in [1.82, 2.24) is 0 Å². The van der Waals surface area contributed by atoms with Crippen LogP contribution >= 0.6 is 15.9 Å². The smallest absolute Gasteiger partial charge is 0.105 e. The maximum Gasteiger partial charge on any atom is 0.105 e. The average molecular weight is 327 g/mol. The van der Waals surface area contributed by atoms with Gasteiger partial charge in [-0.1, -0.05) is 46.3 Å². The first-order valence-corrected chi connectivity index (χ1v) is 7.88. The molecule has 0 saturated carbocycles. The van der Waals surface area contributed by atoms with Gasteiger partial charge < -0.3 is 4.42 Å². The monoisotopic (exact) mass is 326 g/mol. The molecule has 0 N–H and O–H groups in total. The summed E-state index contributed by atoms with van der Waals surface area (Å²) in [4.78, 5) is 0.186. The van der Waals surface area contributed by atoms with Gasteiger partial charge in [-0.15, -0.1) is 0 Å². The SMILES string of the molecule is Cc1occc1C(Br)c1ccc2c3c(cccc13)CC2. The molecule has 0 bridgehead atoms. The zero-order chi connectivity index (χ0) is 13.7. The minimum absolute atomic E-state index is 0.186. The Balaban J connectivity index is 1.96. The molecule has 2 aromatic carbocycles. The molecule has 0 saturated heterocycles. The molecule has 20 heavy (non-hydrogen) atoms. The van der Waals surface area contributed by atoms with Gasteiger partial charge in [0.15, 0.2) is 0 Å². The number of furan rings is 1. The van der Waals surface area contributed by atoms with Gasteiger partial charge in [0, 0.05) is 5.56 Å². The summed E-state index contributed by atoms with van der Waals surface area (Å²) in [6, 6.07) is 13.3. The first-order valence-electron chi connectivity index (χ1n) is 6.97. The third-order valence-corrected chi connectivity index (χ3v) is 5.34. The molecule has 1 atom stereocenters. The van der Waals surface area contributed by atoms with Crippen LogP contribution in [0, 0.1) is 6.92 Å². The van der Waals surface area contributed by atoms with E-state index in [1.54, 1.807) is 6.26 Å². The van der Waals surface area contributed by atoms with Crippen molar-refractivity contribution in [1.29, 1.82) is 0 Å². The zero-order valence-corrected chi connectivity index (χ0v) is 12.9. The Hall–Kier alpha value is -1.54. The van der Waals surface area contributed by atoms with Crippen molar-refractivity contribution < 1.29 is 4.42 Å². The molecule has 0 fully saturated rings. The van der Waals surface area contributed by atoms with Crippen molar-refractivity contribution in [3.05, 3.63) is 70.7 Å². The summed E-state index contributed by atoms with van der Waals surface area (Å²) in [5, 5.41) is 2.84. The summed E-state index contributed by atoms with van der Waals surface area (Å²) in [7, 11) is 0. The van der Waals surface area contributed by atoms with Crippen molar-refractivity contribution in [2.75, 3.05) is 0 Å². The number of benzene rings is 2. The minimum Gasteiger partial charge on any atom is -0.469 e. The molecule has 1 aromatic heterocycles. The summed E-state index contributed by atoms with van der Waals surface area (Å²) >= 11 is 3.85. The van der Waals surface area contributed by atoms with E-state index in [1.165, 1.54) is 45.9 Å². The van der Waals surface area contributed by atoms with E-state index in [1.807, 2.05) is 6.92 Å². The summed E-state index contributed by atoms with van der Waals surface area (Å²) in [6.45, 7) is 2.02. The first kappa shape index (κ1) is 12.2. The molecule has 1 heterocycles. The number of aryl methyl sites for hydroxylation is 3. The summed E-state index contributed by atoms with van der Waals surface area (Å²) < 4.78 is 5.45. The number of hydrogen-bond acceptors (Lipinski definition) is 1. The van der Waals surface area contributed by atoms with Crippen LogP contribution < -0.4 is 0 Å². The van der Waals surface area contributed by atoms with Crippen LogP contribution in [0.15, 0.2) is 47.1 Å². The Labute approximate surface area is 126 Å². The highest BCUT2D eigenvalue weighted by Gasteiger charge is 2.21. The molecule has 1 aliphatic rings. The molecule has 2 heteroatoms. The van der Waals surface area contributed by atoms with E-state index in [9.17, 15) is 0 Å². The second-order valence-corrected chi connectivity index (χ2v) is 6.36. The molecule has 1 nitrogen and oxygen atoms in total. The predicted octanol–water partition coefficient (Wildman–Crippen LogP) is 5.32. The van der Waals surface area contributed by atoms with Gasteiger partial charge in [0.1, 0.15) is 5.76 Å². The molecule has 0 amide bonds. The van der Waals surface area contributed by atoms with Crippen LogP contribution in [-0.4, -0.2) is 0 Å². The van der Waals surface area contributed by atoms with Crippen molar-refractivity contribution in [2.45, 2.75) is 24.6 Å². The van der Waals surface area contributed by atoms with Crippen molar-refractivity contribution in [3.8, 4) is 0 Å². The molecular formula is C18H15BrO.